The Morgan fingerprint density at radius 3 is 2.64 bits per heavy atom. The average molecular weight is 318 g/mol. The van der Waals surface area contributed by atoms with Crippen molar-refractivity contribution in [1.82, 2.24) is 9.88 Å². The third-order valence-electron chi connectivity index (χ3n) is 3.50. The Bertz CT molecular complexity index is 596. The quantitative estimate of drug-likeness (QED) is 0.812. The molecule has 2 aromatic rings. The third kappa shape index (κ3) is 5.24. The number of aliphatic carboxylic acids is 1. The van der Waals surface area contributed by atoms with Gasteiger partial charge in [0.1, 0.15) is 0 Å². The van der Waals surface area contributed by atoms with Crippen LogP contribution < -0.4 is 0 Å². The number of hydrogen-bond acceptors (Lipinski definition) is 4. The van der Waals surface area contributed by atoms with E-state index >= 15 is 0 Å². The molecule has 1 heterocycles. The number of thiazole rings is 1. The van der Waals surface area contributed by atoms with Gasteiger partial charge in [-0.15, -0.1) is 11.3 Å². The topological polar surface area (TPSA) is 53.4 Å². The summed E-state index contributed by atoms with van der Waals surface area (Å²) in [5.74, 6) is -0.789. The Morgan fingerprint density at radius 2 is 2.00 bits per heavy atom. The molecular weight excluding hydrogens is 296 g/mol. The lowest BCUT2D eigenvalue weighted by Crippen LogP contribution is -2.34. The van der Waals surface area contributed by atoms with E-state index in [1.807, 2.05) is 31.0 Å². The van der Waals surface area contributed by atoms with Crippen LogP contribution in [0.1, 0.15) is 29.3 Å². The maximum atomic E-state index is 10.9. The van der Waals surface area contributed by atoms with Gasteiger partial charge in [-0.25, -0.2) is 4.98 Å². The number of carboxylic acids is 1. The van der Waals surface area contributed by atoms with Gasteiger partial charge in [0.05, 0.1) is 11.6 Å². The van der Waals surface area contributed by atoms with Crippen LogP contribution in [0.25, 0.3) is 0 Å². The van der Waals surface area contributed by atoms with Gasteiger partial charge in [0, 0.05) is 30.1 Å². The highest BCUT2D eigenvalue weighted by molar-refractivity contribution is 7.11. The van der Waals surface area contributed by atoms with Gasteiger partial charge in [0.25, 0.3) is 0 Å². The van der Waals surface area contributed by atoms with E-state index in [-0.39, 0.29) is 12.6 Å². The van der Waals surface area contributed by atoms with E-state index < -0.39 is 5.97 Å². The van der Waals surface area contributed by atoms with Gasteiger partial charge >= 0.3 is 5.97 Å². The molecule has 0 aliphatic carbocycles. The molecule has 0 unspecified atom stereocenters. The van der Waals surface area contributed by atoms with Gasteiger partial charge in [-0.1, -0.05) is 30.3 Å². The van der Waals surface area contributed by atoms with E-state index in [2.05, 4.69) is 29.2 Å². The number of rotatable bonds is 8. The van der Waals surface area contributed by atoms with Crippen molar-refractivity contribution in [3.8, 4) is 0 Å². The Labute approximate surface area is 135 Å². The first-order valence-corrected chi connectivity index (χ1v) is 8.29. The van der Waals surface area contributed by atoms with Crippen LogP contribution in [0.2, 0.25) is 0 Å². The first-order chi connectivity index (χ1) is 10.5. The van der Waals surface area contributed by atoms with Crippen molar-refractivity contribution < 1.29 is 9.90 Å². The van der Waals surface area contributed by atoms with Crippen LogP contribution >= 0.6 is 11.3 Å². The van der Waals surface area contributed by atoms with Gasteiger partial charge in [-0.05, 0) is 25.8 Å². The van der Waals surface area contributed by atoms with E-state index in [1.165, 1.54) is 5.56 Å². The van der Waals surface area contributed by atoms with Gasteiger partial charge in [0.15, 0.2) is 0 Å². The van der Waals surface area contributed by atoms with E-state index in [1.54, 1.807) is 11.3 Å². The highest BCUT2D eigenvalue weighted by Crippen LogP contribution is 2.18. The largest absolute Gasteiger partial charge is 0.480 e. The number of aryl methyl sites for hydroxylation is 2. The second-order valence-corrected chi connectivity index (χ2v) is 6.80. The monoisotopic (exact) mass is 318 g/mol. The maximum absolute atomic E-state index is 10.9. The van der Waals surface area contributed by atoms with Crippen molar-refractivity contribution in [3.05, 3.63) is 52.0 Å². The number of aromatic nitrogens is 1. The average Bonchev–Trinajstić information content (AvgIpc) is 2.92. The molecule has 0 aliphatic heterocycles. The van der Waals surface area contributed by atoms with Crippen molar-refractivity contribution in [2.24, 2.45) is 0 Å². The van der Waals surface area contributed by atoms with Crippen LogP contribution in [-0.4, -0.2) is 33.5 Å². The van der Waals surface area contributed by atoms with Crippen LogP contribution in [-0.2, 0) is 24.2 Å². The molecule has 1 aromatic carbocycles. The minimum Gasteiger partial charge on any atom is -0.480 e. The molecule has 0 radical (unpaired) electrons. The van der Waals surface area contributed by atoms with Crippen LogP contribution in [0.4, 0.5) is 0 Å². The highest BCUT2D eigenvalue weighted by Gasteiger charge is 2.15. The van der Waals surface area contributed by atoms with Gasteiger partial charge < -0.3 is 5.11 Å². The summed E-state index contributed by atoms with van der Waals surface area (Å²) in [6.07, 6.45) is 3.79. The van der Waals surface area contributed by atoms with Crippen molar-refractivity contribution >= 4 is 17.3 Å². The third-order valence-corrected chi connectivity index (χ3v) is 4.54. The fraction of sp³-hybridized carbons (Fsp3) is 0.412. The Hall–Kier alpha value is -1.72. The summed E-state index contributed by atoms with van der Waals surface area (Å²) in [6.45, 7) is 4.74. The normalized spacial score (nSPS) is 11.3. The van der Waals surface area contributed by atoms with Crippen LogP contribution in [0, 0.1) is 0 Å². The molecule has 0 spiro atoms. The van der Waals surface area contributed by atoms with Crippen molar-refractivity contribution in [1.29, 1.82) is 0 Å². The molecule has 0 aliphatic rings. The molecule has 1 aromatic heterocycles. The summed E-state index contributed by atoms with van der Waals surface area (Å²) in [4.78, 5) is 18.4. The van der Waals surface area contributed by atoms with Crippen molar-refractivity contribution in [3.63, 3.8) is 0 Å². The highest BCUT2D eigenvalue weighted by atomic mass is 32.1. The minimum absolute atomic E-state index is 0.0644. The lowest BCUT2D eigenvalue weighted by molar-refractivity contribution is -0.138. The van der Waals surface area contributed by atoms with Gasteiger partial charge in [0.2, 0.25) is 0 Å². The second kappa shape index (κ2) is 8.06. The SMILES string of the molecule is CC(C)N(CC(=O)O)Cc1cnc(CCc2ccccc2)s1. The fourth-order valence-electron chi connectivity index (χ4n) is 2.23. The standard InChI is InChI=1S/C17H22N2O2S/c1-13(2)19(12-17(20)21)11-15-10-18-16(22-15)9-8-14-6-4-3-5-7-14/h3-7,10,13H,8-9,11-12H2,1-2H3,(H,20,21). The molecule has 1 N–H and O–H groups in total. The number of carboxylic acid groups (broad SMARTS) is 1. The van der Waals surface area contributed by atoms with Crippen molar-refractivity contribution in [2.75, 3.05) is 6.54 Å². The number of hydrogen-bond donors (Lipinski definition) is 1. The maximum Gasteiger partial charge on any atom is 0.317 e. The molecule has 0 atom stereocenters. The smallest absolute Gasteiger partial charge is 0.317 e. The number of nitrogens with zero attached hydrogens (tertiary/aromatic N) is 2. The summed E-state index contributed by atoms with van der Waals surface area (Å²) in [5.41, 5.74) is 1.31. The van der Waals surface area contributed by atoms with E-state index in [0.717, 1.165) is 22.7 Å². The Balaban J connectivity index is 1.91. The molecule has 0 bridgehead atoms. The molecule has 4 nitrogen and oxygen atoms in total. The zero-order valence-corrected chi connectivity index (χ0v) is 13.8. The second-order valence-electron chi connectivity index (χ2n) is 5.60. The zero-order chi connectivity index (χ0) is 15.9. The first kappa shape index (κ1) is 16.6. The van der Waals surface area contributed by atoms with Crippen molar-refractivity contribution in [2.45, 2.75) is 39.3 Å². The molecule has 118 valence electrons. The van der Waals surface area contributed by atoms with Gasteiger partial charge in [-0.2, -0.15) is 0 Å². The predicted molar refractivity (Wildman–Crippen MR) is 89.1 cm³/mol. The lowest BCUT2D eigenvalue weighted by Gasteiger charge is -2.23. The summed E-state index contributed by atoms with van der Waals surface area (Å²) in [5, 5.41) is 10.1. The van der Waals surface area contributed by atoms with E-state index in [9.17, 15) is 4.79 Å². The Kier molecular flexibility index (Phi) is 6.10. The predicted octanol–water partition coefficient (Wildman–Crippen LogP) is 3.22. The summed E-state index contributed by atoms with van der Waals surface area (Å²) >= 11 is 1.68. The molecule has 2 rings (SSSR count). The van der Waals surface area contributed by atoms with Crippen LogP contribution in [0.5, 0.6) is 0 Å². The molecule has 5 heteroatoms. The van der Waals surface area contributed by atoms with E-state index in [4.69, 9.17) is 5.11 Å². The summed E-state index contributed by atoms with van der Waals surface area (Å²) in [7, 11) is 0. The van der Waals surface area contributed by atoms with Gasteiger partial charge in [-0.3, -0.25) is 9.69 Å². The zero-order valence-electron chi connectivity index (χ0n) is 13.0. The first-order valence-electron chi connectivity index (χ1n) is 7.48. The van der Waals surface area contributed by atoms with E-state index in [0.29, 0.717) is 6.54 Å². The summed E-state index contributed by atoms with van der Waals surface area (Å²) in [6, 6.07) is 10.6. The Morgan fingerprint density at radius 1 is 1.27 bits per heavy atom. The lowest BCUT2D eigenvalue weighted by atomic mass is 10.1. The van der Waals surface area contributed by atoms with Crippen LogP contribution in [0.15, 0.2) is 36.5 Å². The molecule has 0 saturated heterocycles. The fourth-order valence-corrected chi connectivity index (χ4v) is 3.18. The molecule has 22 heavy (non-hydrogen) atoms. The summed E-state index contributed by atoms with van der Waals surface area (Å²) < 4.78 is 0. The minimum atomic E-state index is -0.789. The molecule has 0 saturated carbocycles. The molecule has 0 fully saturated rings. The molecular formula is C17H22N2O2S. The number of carbonyl (C=O) groups is 1. The van der Waals surface area contributed by atoms with Crippen LogP contribution in [0.3, 0.4) is 0 Å². The number of benzene rings is 1. The molecule has 0 amide bonds.